The third-order valence-corrected chi connectivity index (χ3v) is 4.59. The molecule has 3 aromatic carbocycles. The number of fused-ring (bicyclic) bond motifs is 3. The van der Waals surface area contributed by atoms with Crippen LogP contribution in [-0.2, 0) is 0 Å². The fourth-order valence-corrected chi connectivity index (χ4v) is 3.31. The first-order valence-corrected chi connectivity index (χ1v) is 8.31. The van der Waals surface area contributed by atoms with E-state index in [2.05, 4.69) is 59.6 Å². The Morgan fingerprint density at radius 1 is 0.520 bits per heavy atom. The van der Waals surface area contributed by atoms with Crippen molar-refractivity contribution >= 4 is 21.9 Å². The van der Waals surface area contributed by atoms with Crippen molar-refractivity contribution in [3.05, 3.63) is 91.3 Å². The quantitative estimate of drug-likeness (QED) is 0.380. The summed E-state index contributed by atoms with van der Waals surface area (Å²) in [6, 6.07) is 27.2. The molecule has 2 heterocycles. The molecule has 5 rings (SSSR count). The van der Waals surface area contributed by atoms with Crippen LogP contribution in [0.4, 0.5) is 0 Å². The van der Waals surface area contributed by atoms with Gasteiger partial charge in [0.25, 0.3) is 0 Å². The minimum absolute atomic E-state index is 0.915. The summed E-state index contributed by atoms with van der Waals surface area (Å²) in [5, 5.41) is 2.29. The van der Waals surface area contributed by atoms with Gasteiger partial charge in [0, 0.05) is 23.2 Å². The Morgan fingerprint density at radius 3 is 1.68 bits per heavy atom. The minimum Gasteiger partial charge on any atom is -0.456 e. The molecule has 0 aliphatic heterocycles. The fourth-order valence-electron chi connectivity index (χ4n) is 3.31. The Balaban J connectivity index is 1.73. The number of furan rings is 1. The van der Waals surface area contributed by atoms with Crippen molar-refractivity contribution in [1.29, 1.82) is 0 Å². The van der Waals surface area contributed by atoms with Crippen molar-refractivity contribution in [3.8, 4) is 22.3 Å². The summed E-state index contributed by atoms with van der Waals surface area (Å²) >= 11 is 0. The number of pyridine rings is 1. The number of rotatable bonds is 2. The molecule has 5 aromatic rings. The molecular weight excluding hydrogens is 306 g/mol. The summed E-state index contributed by atoms with van der Waals surface area (Å²) in [5.74, 6) is 0. The van der Waals surface area contributed by atoms with E-state index in [0.717, 1.165) is 27.5 Å². The SMILES string of the molecule is c1ccc(-c2ccc3oc4ccc(-c5ccncc5)cc4c3c2)cc1. The van der Waals surface area contributed by atoms with Gasteiger partial charge in [-0.25, -0.2) is 0 Å². The average molecular weight is 321 g/mol. The molecule has 2 nitrogen and oxygen atoms in total. The molecule has 0 atom stereocenters. The van der Waals surface area contributed by atoms with Crippen LogP contribution in [-0.4, -0.2) is 4.98 Å². The van der Waals surface area contributed by atoms with Gasteiger partial charge < -0.3 is 4.42 Å². The van der Waals surface area contributed by atoms with Gasteiger partial charge in [0.1, 0.15) is 11.2 Å². The van der Waals surface area contributed by atoms with Crippen molar-refractivity contribution in [3.63, 3.8) is 0 Å². The standard InChI is InChI=1S/C23H15NO/c1-2-4-16(5-3-1)18-6-8-22-20(14-18)21-15-19(7-9-23(21)25-22)17-10-12-24-13-11-17/h1-15H. The number of aromatic nitrogens is 1. The van der Waals surface area contributed by atoms with Crippen LogP contribution in [0, 0.1) is 0 Å². The maximum absolute atomic E-state index is 6.02. The highest BCUT2D eigenvalue weighted by Crippen LogP contribution is 2.34. The van der Waals surface area contributed by atoms with Gasteiger partial charge in [-0.1, -0.05) is 42.5 Å². The second kappa shape index (κ2) is 5.60. The summed E-state index contributed by atoms with van der Waals surface area (Å²) in [7, 11) is 0. The first-order chi connectivity index (χ1) is 12.4. The van der Waals surface area contributed by atoms with E-state index in [1.165, 1.54) is 16.7 Å². The van der Waals surface area contributed by atoms with Gasteiger partial charge in [0.15, 0.2) is 0 Å². The van der Waals surface area contributed by atoms with Crippen LogP contribution in [0.5, 0.6) is 0 Å². The predicted molar refractivity (Wildman–Crippen MR) is 102 cm³/mol. The molecule has 0 radical (unpaired) electrons. The zero-order valence-corrected chi connectivity index (χ0v) is 13.5. The number of benzene rings is 3. The normalized spacial score (nSPS) is 11.2. The smallest absolute Gasteiger partial charge is 0.135 e. The second-order valence-corrected chi connectivity index (χ2v) is 6.13. The summed E-state index contributed by atoms with van der Waals surface area (Å²) in [6.07, 6.45) is 3.64. The lowest BCUT2D eigenvalue weighted by Crippen LogP contribution is -1.79. The topological polar surface area (TPSA) is 26.0 Å². The van der Waals surface area contributed by atoms with E-state index in [0.29, 0.717) is 0 Å². The van der Waals surface area contributed by atoms with Crippen LogP contribution >= 0.6 is 0 Å². The number of nitrogens with zero attached hydrogens (tertiary/aromatic N) is 1. The number of hydrogen-bond acceptors (Lipinski definition) is 2. The Bertz CT molecular complexity index is 1080. The first kappa shape index (κ1) is 14.0. The molecule has 0 aliphatic carbocycles. The van der Waals surface area contributed by atoms with Crippen LogP contribution in [0.2, 0.25) is 0 Å². The van der Waals surface area contributed by atoms with E-state index in [1.54, 1.807) is 0 Å². The largest absolute Gasteiger partial charge is 0.456 e. The molecule has 0 saturated heterocycles. The Morgan fingerprint density at radius 2 is 1.08 bits per heavy atom. The molecule has 2 heteroatoms. The molecular formula is C23H15NO. The van der Waals surface area contributed by atoms with Gasteiger partial charge in [-0.15, -0.1) is 0 Å². The molecule has 2 aromatic heterocycles. The molecule has 0 N–H and O–H groups in total. The molecule has 0 bridgehead atoms. The van der Waals surface area contributed by atoms with Gasteiger partial charge in [-0.05, 0) is 58.7 Å². The van der Waals surface area contributed by atoms with Gasteiger partial charge in [-0.2, -0.15) is 0 Å². The Kier molecular flexibility index (Phi) is 3.14. The summed E-state index contributed by atoms with van der Waals surface area (Å²) < 4.78 is 6.02. The highest BCUT2D eigenvalue weighted by Gasteiger charge is 2.10. The molecule has 0 unspecified atom stereocenters. The lowest BCUT2D eigenvalue weighted by molar-refractivity contribution is 0.669. The maximum atomic E-state index is 6.02. The summed E-state index contributed by atoms with van der Waals surface area (Å²) in [5.41, 5.74) is 6.57. The van der Waals surface area contributed by atoms with Crippen molar-refractivity contribution < 1.29 is 4.42 Å². The molecule has 0 aliphatic rings. The van der Waals surface area contributed by atoms with Crippen LogP contribution in [0.15, 0.2) is 95.7 Å². The van der Waals surface area contributed by atoms with Crippen molar-refractivity contribution in [1.82, 2.24) is 4.98 Å². The molecule has 0 fully saturated rings. The third-order valence-electron chi connectivity index (χ3n) is 4.59. The Labute approximate surface area is 145 Å². The van der Waals surface area contributed by atoms with E-state index in [9.17, 15) is 0 Å². The molecule has 0 spiro atoms. The van der Waals surface area contributed by atoms with Gasteiger partial charge in [-0.3, -0.25) is 4.98 Å². The monoisotopic (exact) mass is 321 g/mol. The fraction of sp³-hybridized carbons (Fsp3) is 0. The van der Waals surface area contributed by atoms with Crippen molar-refractivity contribution in [2.45, 2.75) is 0 Å². The third kappa shape index (κ3) is 2.39. The first-order valence-electron chi connectivity index (χ1n) is 8.31. The van der Waals surface area contributed by atoms with Gasteiger partial charge >= 0.3 is 0 Å². The van der Waals surface area contributed by atoms with Crippen LogP contribution in [0.25, 0.3) is 44.2 Å². The zero-order chi connectivity index (χ0) is 16.6. The van der Waals surface area contributed by atoms with Crippen LogP contribution < -0.4 is 0 Å². The van der Waals surface area contributed by atoms with E-state index in [4.69, 9.17) is 4.42 Å². The highest BCUT2D eigenvalue weighted by atomic mass is 16.3. The lowest BCUT2D eigenvalue weighted by atomic mass is 10.0. The lowest BCUT2D eigenvalue weighted by Gasteiger charge is -2.02. The van der Waals surface area contributed by atoms with E-state index in [-0.39, 0.29) is 0 Å². The maximum Gasteiger partial charge on any atom is 0.135 e. The molecule has 0 amide bonds. The summed E-state index contributed by atoms with van der Waals surface area (Å²) in [6.45, 7) is 0. The molecule has 25 heavy (non-hydrogen) atoms. The Hall–Kier alpha value is -3.39. The van der Waals surface area contributed by atoms with Crippen molar-refractivity contribution in [2.75, 3.05) is 0 Å². The molecule has 118 valence electrons. The minimum atomic E-state index is 0.915. The predicted octanol–water partition coefficient (Wildman–Crippen LogP) is 6.32. The van der Waals surface area contributed by atoms with E-state index < -0.39 is 0 Å². The van der Waals surface area contributed by atoms with Gasteiger partial charge in [0.2, 0.25) is 0 Å². The van der Waals surface area contributed by atoms with Crippen LogP contribution in [0.3, 0.4) is 0 Å². The van der Waals surface area contributed by atoms with E-state index in [1.807, 2.05) is 36.7 Å². The van der Waals surface area contributed by atoms with E-state index >= 15 is 0 Å². The number of hydrogen-bond donors (Lipinski definition) is 0. The van der Waals surface area contributed by atoms with Gasteiger partial charge in [0.05, 0.1) is 0 Å². The highest BCUT2D eigenvalue weighted by molar-refractivity contribution is 6.07. The second-order valence-electron chi connectivity index (χ2n) is 6.13. The molecule has 0 saturated carbocycles. The average Bonchev–Trinajstić information content (AvgIpc) is 3.06. The van der Waals surface area contributed by atoms with Crippen molar-refractivity contribution in [2.24, 2.45) is 0 Å². The summed E-state index contributed by atoms with van der Waals surface area (Å²) in [4.78, 5) is 4.10. The van der Waals surface area contributed by atoms with Crippen LogP contribution in [0.1, 0.15) is 0 Å². The zero-order valence-electron chi connectivity index (χ0n) is 13.5.